The molecule has 0 aliphatic heterocycles. The van der Waals surface area contributed by atoms with E-state index in [2.05, 4.69) is 0 Å². The molecule has 13 heteroatoms. The van der Waals surface area contributed by atoms with Crippen LogP contribution in [0.1, 0.15) is 36.5 Å². The lowest BCUT2D eigenvalue weighted by Gasteiger charge is -2.29. The van der Waals surface area contributed by atoms with E-state index in [0.29, 0.717) is 28.1 Å². The second-order valence-electron chi connectivity index (χ2n) is 10.1. The number of hydrogen-bond acceptors (Lipinski definition) is 5. The number of carbonyl (C=O) groups excluding carboxylic acids is 1. The van der Waals surface area contributed by atoms with E-state index in [-0.39, 0.29) is 23.6 Å². The molecule has 1 atom stereocenters. The summed E-state index contributed by atoms with van der Waals surface area (Å²) in [6, 6.07) is 4.83. The Balaban J connectivity index is 1.65. The third kappa shape index (κ3) is 4.85. The molecule has 40 heavy (non-hydrogen) atoms. The van der Waals surface area contributed by atoms with Gasteiger partial charge in [-0.3, -0.25) is 23.1 Å². The summed E-state index contributed by atoms with van der Waals surface area (Å²) in [6.45, 7) is 1.49. The number of alkyl halides is 4. The Morgan fingerprint density at radius 1 is 1.12 bits per heavy atom. The molecule has 3 aromatic rings. The molecule has 0 radical (unpaired) electrons. The number of fused-ring (bicyclic) bond motifs is 1. The third-order valence-electron chi connectivity index (χ3n) is 7.22. The number of esters is 1. The molecule has 0 saturated heterocycles. The Labute approximate surface area is 230 Å². The fraction of sp³-hybridized carbons (Fsp3) is 0.407. The minimum Gasteiger partial charge on any atom is -0.462 e. The molecule has 0 N–H and O–H groups in total. The van der Waals surface area contributed by atoms with Gasteiger partial charge in [0.2, 0.25) is 0 Å². The Morgan fingerprint density at radius 3 is 2.50 bits per heavy atom. The zero-order valence-electron chi connectivity index (χ0n) is 21.7. The Bertz CT molecular complexity index is 1760. The number of aryl methyl sites for hydroxylation is 1. The molecule has 2 heterocycles. The first-order chi connectivity index (χ1) is 18.8. The molecule has 9 nitrogen and oxygen atoms in total. The lowest BCUT2D eigenvalue weighted by Crippen LogP contribution is -2.44. The highest BCUT2D eigenvalue weighted by atomic mass is 35.5. The summed E-state index contributed by atoms with van der Waals surface area (Å²) in [4.78, 5) is 49.8. The Kier molecular flexibility index (Phi) is 6.93. The van der Waals surface area contributed by atoms with Crippen LogP contribution in [0.25, 0.3) is 16.7 Å². The number of halogens is 4. The van der Waals surface area contributed by atoms with Gasteiger partial charge in [-0.25, -0.2) is 14.4 Å². The molecule has 0 spiro atoms. The molecule has 2 aliphatic carbocycles. The van der Waals surface area contributed by atoms with Crippen molar-refractivity contribution in [3.63, 3.8) is 0 Å². The normalized spacial score (nSPS) is 19.2. The number of imidazole rings is 1. The summed E-state index contributed by atoms with van der Waals surface area (Å²) in [5, 5.41) is 0. The third-order valence-corrected chi connectivity index (χ3v) is 7.69. The van der Waals surface area contributed by atoms with Crippen molar-refractivity contribution in [1.29, 1.82) is 0 Å². The lowest BCUT2D eigenvalue weighted by atomic mass is 9.92. The van der Waals surface area contributed by atoms with Gasteiger partial charge in [0, 0.05) is 26.2 Å². The van der Waals surface area contributed by atoms with Gasteiger partial charge in [-0.15, -0.1) is 11.6 Å². The zero-order valence-corrected chi connectivity index (χ0v) is 22.5. The van der Waals surface area contributed by atoms with Crippen LogP contribution in [0, 0.1) is 5.92 Å². The summed E-state index contributed by atoms with van der Waals surface area (Å²) in [7, 11) is 1.64. The monoisotopic (exact) mass is 578 g/mol. The van der Waals surface area contributed by atoms with Crippen LogP contribution in [0.15, 0.2) is 62.6 Å². The van der Waals surface area contributed by atoms with Crippen molar-refractivity contribution in [1.82, 2.24) is 18.3 Å². The molecule has 0 amide bonds. The number of hydrogen-bond donors (Lipinski definition) is 0. The molecule has 212 valence electrons. The summed E-state index contributed by atoms with van der Waals surface area (Å²) >= 11 is 5.84. The van der Waals surface area contributed by atoms with E-state index in [1.54, 1.807) is 36.7 Å². The van der Waals surface area contributed by atoms with Gasteiger partial charge in [-0.2, -0.15) is 13.2 Å². The highest BCUT2D eigenvalue weighted by molar-refractivity contribution is 6.26. The standard InChI is InChI=1S/C27H26ClF3N4O5/c1-3-40-23(37)19-15-33(18-8-9-20-21(11-18)34(13-16-6-7-16)24(38)32(20)2)25(39)35(22(19)36)14-17-5-4-10-26(28,12-17)27(29,30)31/h4-5,8-11,15-16H,3,6-7,12-14H2,1-2H3. The van der Waals surface area contributed by atoms with E-state index in [1.807, 2.05) is 0 Å². The molecule has 1 saturated carbocycles. The van der Waals surface area contributed by atoms with Crippen molar-refractivity contribution in [2.45, 2.75) is 50.3 Å². The van der Waals surface area contributed by atoms with Crippen LogP contribution >= 0.6 is 11.6 Å². The predicted molar refractivity (Wildman–Crippen MR) is 142 cm³/mol. The Hall–Kier alpha value is -3.80. The number of aromatic nitrogens is 4. The molecule has 1 unspecified atom stereocenters. The number of rotatable bonds is 7. The van der Waals surface area contributed by atoms with Gasteiger partial charge in [-0.05, 0) is 49.5 Å². The van der Waals surface area contributed by atoms with Gasteiger partial charge >= 0.3 is 23.5 Å². The van der Waals surface area contributed by atoms with Gasteiger partial charge in [0.15, 0.2) is 4.87 Å². The van der Waals surface area contributed by atoms with Gasteiger partial charge in [0.1, 0.15) is 5.56 Å². The van der Waals surface area contributed by atoms with Crippen LogP contribution in [0.3, 0.4) is 0 Å². The van der Waals surface area contributed by atoms with Gasteiger partial charge in [-0.1, -0.05) is 18.2 Å². The summed E-state index contributed by atoms with van der Waals surface area (Å²) in [5.74, 6) is -0.600. The van der Waals surface area contributed by atoms with Crippen molar-refractivity contribution in [2.24, 2.45) is 13.0 Å². The number of nitrogens with zero attached hydrogens (tertiary/aromatic N) is 4. The number of benzene rings is 1. The lowest BCUT2D eigenvalue weighted by molar-refractivity contribution is -0.150. The molecule has 2 aromatic heterocycles. The second kappa shape index (κ2) is 9.99. The van der Waals surface area contributed by atoms with Crippen LogP contribution < -0.4 is 16.9 Å². The maximum atomic E-state index is 13.6. The molecule has 2 aliphatic rings. The fourth-order valence-corrected chi connectivity index (χ4v) is 5.09. The topological polar surface area (TPSA) is 97.2 Å². The van der Waals surface area contributed by atoms with Crippen LogP contribution in [0.2, 0.25) is 0 Å². The summed E-state index contributed by atoms with van der Waals surface area (Å²) < 4.78 is 50.6. The van der Waals surface area contributed by atoms with Crippen molar-refractivity contribution in [3.8, 4) is 5.69 Å². The first-order valence-corrected chi connectivity index (χ1v) is 13.1. The highest BCUT2D eigenvalue weighted by Crippen LogP contribution is 2.43. The van der Waals surface area contributed by atoms with E-state index in [9.17, 15) is 32.3 Å². The van der Waals surface area contributed by atoms with Gasteiger partial charge in [0.05, 0.1) is 29.9 Å². The number of carbonyl (C=O) groups is 1. The summed E-state index contributed by atoms with van der Waals surface area (Å²) in [6.07, 6.45) is 0.912. The van der Waals surface area contributed by atoms with Crippen molar-refractivity contribution in [2.75, 3.05) is 6.61 Å². The van der Waals surface area contributed by atoms with Crippen LogP contribution in [0.4, 0.5) is 13.2 Å². The molecule has 1 fully saturated rings. The van der Waals surface area contributed by atoms with Crippen molar-refractivity contribution >= 4 is 28.6 Å². The zero-order chi connectivity index (χ0) is 29.0. The Morgan fingerprint density at radius 2 is 1.85 bits per heavy atom. The van der Waals surface area contributed by atoms with Crippen LogP contribution in [-0.4, -0.2) is 41.9 Å². The fourth-order valence-electron chi connectivity index (χ4n) is 4.85. The summed E-state index contributed by atoms with van der Waals surface area (Å²) in [5.41, 5.74) is -1.05. The van der Waals surface area contributed by atoms with E-state index >= 15 is 0 Å². The minimum atomic E-state index is -4.77. The molecular formula is C27H26ClF3N4O5. The first-order valence-electron chi connectivity index (χ1n) is 12.7. The minimum absolute atomic E-state index is 0.0445. The van der Waals surface area contributed by atoms with Crippen molar-refractivity contribution < 1.29 is 22.7 Å². The average molecular weight is 579 g/mol. The SMILES string of the molecule is CCOC(=O)c1cn(-c2ccc3c(c2)n(CC2CC2)c(=O)n3C)c(=O)n(CC2=CC=CC(Cl)(C(F)(F)F)C2)c1=O. The highest BCUT2D eigenvalue weighted by Gasteiger charge is 2.52. The molecular weight excluding hydrogens is 553 g/mol. The number of allylic oxidation sites excluding steroid dienone is 4. The molecule has 5 rings (SSSR count). The van der Waals surface area contributed by atoms with Crippen LogP contribution in [0.5, 0.6) is 0 Å². The molecule has 0 bridgehead atoms. The second-order valence-corrected chi connectivity index (χ2v) is 10.8. The quantitative estimate of drug-likeness (QED) is 0.315. The van der Waals surface area contributed by atoms with E-state index in [0.717, 1.165) is 35.8 Å². The molecule has 1 aromatic carbocycles. The maximum absolute atomic E-state index is 13.6. The van der Waals surface area contributed by atoms with Crippen molar-refractivity contribution in [3.05, 3.63) is 85.1 Å². The van der Waals surface area contributed by atoms with Gasteiger partial charge in [0.25, 0.3) is 5.56 Å². The van der Waals surface area contributed by atoms with E-state index in [1.165, 1.54) is 10.6 Å². The predicted octanol–water partition coefficient (Wildman–Crippen LogP) is 3.67. The first kappa shape index (κ1) is 27.8. The van der Waals surface area contributed by atoms with E-state index < -0.39 is 46.8 Å². The van der Waals surface area contributed by atoms with E-state index in [4.69, 9.17) is 16.3 Å². The number of ether oxygens (including phenoxy) is 1. The largest absolute Gasteiger partial charge is 0.462 e. The smallest absolute Gasteiger partial charge is 0.411 e. The average Bonchev–Trinajstić information content (AvgIpc) is 3.69. The van der Waals surface area contributed by atoms with Crippen LogP contribution in [-0.2, 0) is 24.9 Å². The maximum Gasteiger partial charge on any atom is 0.411 e. The van der Waals surface area contributed by atoms with Gasteiger partial charge < -0.3 is 4.74 Å².